The molecule has 0 saturated heterocycles. The predicted octanol–water partition coefficient (Wildman–Crippen LogP) is 3.19. The van der Waals surface area contributed by atoms with E-state index >= 15 is 0 Å². The summed E-state index contributed by atoms with van der Waals surface area (Å²) in [5, 5.41) is 9.11. The third-order valence-electron chi connectivity index (χ3n) is 3.10. The van der Waals surface area contributed by atoms with E-state index in [0.717, 1.165) is 24.3 Å². The van der Waals surface area contributed by atoms with Crippen LogP contribution >= 0.6 is 0 Å². The van der Waals surface area contributed by atoms with Crippen LogP contribution in [-0.2, 0) is 16.6 Å². The van der Waals surface area contributed by atoms with Gasteiger partial charge in [0.15, 0.2) is 0 Å². The summed E-state index contributed by atoms with van der Waals surface area (Å²) >= 11 is 0. The molecule has 0 amide bonds. The first-order valence-electron chi connectivity index (χ1n) is 6.70. The van der Waals surface area contributed by atoms with Crippen LogP contribution < -0.4 is 9.46 Å². The molecule has 0 aliphatic carbocycles. The molecule has 0 bridgehead atoms. The second-order valence-corrected chi connectivity index (χ2v) is 6.61. The number of anilines is 1. The number of halogens is 3. The first-order chi connectivity index (χ1) is 11.1. The number of aliphatic hydroxyl groups excluding tert-OH is 1. The number of nitrogens with one attached hydrogen (secondary N) is 1. The molecule has 0 saturated carbocycles. The highest BCUT2D eigenvalue weighted by Gasteiger charge is 2.31. The fraction of sp³-hybridized carbons (Fsp3) is 0.200. The Morgan fingerprint density at radius 3 is 2.29 bits per heavy atom. The summed E-state index contributed by atoms with van der Waals surface area (Å²) < 4.78 is 67.0. The average Bonchev–Trinajstić information content (AvgIpc) is 2.48. The Morgan fingerprint density at radius 2 is 1.75 bits per heavy atom. The number of hydrogen-bond donors (Lipinski definition) is 2. The smallest absolute Gasteiger partial charge is 0.406 e. The lowest BCUT2D eigenvalue weighted by molar-refractivity contribution is -0.274. The second kappa shape index (κ2) is 6.70. The van der Waals surface area contributed by atoms with Gasteiger partial charge in [0.25, 0.3) is 10.0 Å². The topological polar surface area (TPSA) is 75.6 Å². The van der Waals surface area contributed by atoms with Crippen molar-refractivity contribution in [1.29, 1.82) is 0 Å². The van der Waals surface area contributed by atoms with Gasteiger partial charge in [0.1, 0.15) is 5.75 Å². The average molecular weight is 361 g/mol. The van der Waals surface area contributed by atoms with Gasteiger partial charge in [0.05, 0.1) is 17.2 Å². The van der Waals surface area contributed by atoms with Gasteiger partial charge in [-0.3, -0.25) is 4.72 Å². The van der Waals surface area contributed by atoms with E-state index in [4.69, 9.17) is 5.11 Å². The Bertz CT molecular complexity index is 818. The van der Waals surface area contributed by atoms with E-state index in [9.17, 15) is 21.6 Å². The lowest BCUT2D eigenvalue weighted by Gasteiger charge is -2.13. The molecule has 0 fully saturated rings. The first-order valence-corrected chi connectivity index (χ1v) is 8.18. The zero-order valence-electron chi connectivity index (χ0n) is 12.5. The highest BCUT2D eigenvalue weighted by atomic mass is 32.2. The van der Waals surface area contributed by atoms with Crippen LogP contribution in [0.25, 0.3) is 0 Å². The van der Waals surface area contributed by atoms with E-state index in [1.165, 1.54) is 6.07 Å². The monoisotopic (exact) mass is 361 g/mol. The van der Waals surface area contributed by atoms with Gasteiger partial charge in [-0.05, 0) is 48.4 Å². The van der Waals surface area contributed by atoms with Crippen molar-refractivity contribution in [1.82, 2.24) is 0 Å². The Morgan fingerprint density at radius 1 is 1.12 bits per heavy atom. The number of alkyl halides is 3. The molecule has 2 aromatic carbocycles. The minimum Gasteiger partial charge on any atom is -0.406 e. The molecule has 0 heterocycles. The number of benzene rings is 2. The maximum absolute atomic E-state index is 12.3. The molecular formula is C15H14F3NO4S. The predicted molar refractivity (Wildman–Crippen MR) is 81.0 cm³/mol. The molecule has 24 heavy (non-hydrogen) atoms. The molecule has 0 radical (unpaired) electrons. The number of aliphatic hydroxyl groups is 1. The number of hydrogen-bond acceptors (Lipinski definition) is 4. The van der Waals surface area contributed by atoms with Crippen molar-refractivity contribution in [3.8, 4) is 5.75 Å². The molecule has 9 heteroatoms. The standard InChI is InChI=1S/C15H14F3NO4S/c1-10-2-3-11(9-20)8-14(10)19-24(21,22)13-6-4-12(5-7-13)23-15(16,17)18/h2-8,19-20H,9H2,1H3. The lowest BCUT2D eigenvalue weighted by atomic mass is 10.1. The van der Waals surface area contributed by atoms with Crippen molar-refractivity contribution < 1.29 is 31.4 Å². The highest BCUT2D eigenvalue weighted by Crippen LogP contribution is 2.25. The van der Waals surface area contributed by atoms with Crippen molar-refractivity contribution >= 4 is 15.7 Å². The molecule has 0 aliphatic heterocycles. The third kappa shape index (κ3) is 4.62. The van der Waals surface area contributed by atoms with Crippen molar-refractivity contribution in [2.75, 3.05) is 4.72 Å². The van der Waals surface area contributed by atoms with Crippen LogP contribution in [0.4, 0.5) is 18.9 Å². The molecular weight excluding hydrogens is 347 g/mol. The van der Waals surface area contributed by atoms with Gasteiger partial charge in [0, 0.05) is 0 Å². The fourth-order valence-corrected chi connectivity index (χ4v) is 3.02. The van der Waals surface area contributed by atoms with E-state index in [0.29, 0.717) is 11.1 Å². The van der Waals surface area contributed by atoms with Crippen LogP contribution in [0.2, 0.25) is 0 Å². The minimum atomic E-state index is -4.85. The first kappa shape index (κ1) is 18.1. The molecule has 2 aromatic rings. The molecule has 0 aromatic heterocycles. The van der Waals surface area contributed by atoms with Crippen LogP contribution in [0.15, 0.2) is 47.4 Å². The van der Waals surface area contributed by atoms with E-state index in [1.807, 2.05) is 0 Å². The largest absolute Gasteiger partial charge is 0.573 e. The van der Waals surface area contributed by atoms with Gasteiger partial charge in [-0.2, -0.15) is 0 Å². The summed E-state index contributed by atoms with van der Waals surface area (Å²) in [4.78, 5) is -0.217. The molecule has 0 aliphatic rings. The molecule has 2 N–H and O–H groups in total. The molecule has 0 atom stereocenters. The lowest BCUT2D eigenvalue weighted by Crippen LogP contribution is -2.17. The Balaban J connectivity index is 2.25. The summed E-state index contributed by atoms with van der Waals surface area (Å²) in [5.41, 5.74) is 1.43. The number of sulfonamides is 1. The van der Waals surface area contributed by atoms with Crippen LogP contribution in [0.5, 0.6) is 5.75 Å². The number of rotatable bonds is 5. The van der Waals surface area contributed by atoms with Crippen LogP contribution in [0.1, 0.15) is 11.1 Å². The van der Waals surface area contributed by atoms with Crippen molar-refractivity contribution in [2.45, 2.75) is 24.8 Å². The number of ether oxygens (including phenoxy) is 1. The summed E-state index contributed by atoms with van der Waals surface area (Å²) in [7, 11) is -3.99. The molecule has 130 valence electrons. The molecule has 5 nitrogen and oxygen atoms in total. The Labute approximate surface area is 136 Å². The van der Waals surface area contributed by atoms with Crippen molar-refractivity contribution in [2.24, 2.45) is 0 Å². The van der Waals surface area contributed by atoms with E-state index in [1.54, 1.807) is 19.1 Å². The number of aryl methyl sites for hydroxylation is 1. The molecule has 0 unspecified atom stereocenters. The van der Waals surface area contributed by atoms with E-state index in [2.05, 4.69) is 9.46 Å². The SMILES string of the molecule is Cc1ccc(CO)cc1NS(=O)(=O)c1ccc(OC(F)(F)F)cc1. The van der Waals surface area contributed by atoms with Crippen molar-refractivity contribution in [3.05, 3.63) is 53.6 Å². The van der Waals surface area contributed by atoms with Gasteiger partial charge in [-0.15, -0.1) is 13.2 Å². The van der Waals surface area contributed by atoms with E-state index in [-0.39, 0.29) is 17.2 Å². The van der Waals surface area contributed by atoms with Gasteiger partial charge < -0.3 is 9.84 Å². The second-order valence-electron chi connectivity index (χ2n) is 4.93. The van der Waals surface area contributed by atoms with Gasteiger partial charge in [-0.25, -0.2) is 8.42 Å². The fourth-order valence-electron chi connectivity index (χ4n) is 1.90. The molecule has 2 rings (SSSR count). The van der Waals surface area contributed by atoms with Crippen LogP contribution in [-0.4, -0.2) is 19.9 Å². The quantitative estimate of drug-likeness (QED) is 0.858. The third-order valence-corrected chi connectivity index (χ3v) is 4.48. The zero-order valence-corrected chi connectivity index (χ0v) is 13.3. The summed E-state index contributed by atoms with van der Waals surface area (Å²) in [5.74, 6) is -0.514. The maximum Gasteiger partial charge on any atom is 0.573 e. The maximum atomic E-state index is 12.3. The van der Waals surface area contributed by atoms with Gasteiger partial charge in [-0.1, -0.05) is 12.1 Å². The summed E-state index contributed by atoms with van der Waals surface area (Å²) in [6.07, 6.45) is -4.85. The zero-order chi connectivity index (χ0) is 18.0. The van der Waals surface area contributed by atoms with Crippen molar-refractivity contribution in [3.63, 3.8) is 0 Å². The van der Waals surface area contributed by atoms with Gasteiger partial charge in [0.2, 0.25) is 0 Å². The van der Waals surface area contributed by atoms with Crippen LogP contribution in [0, 0.1) is 6.92 Å². The highest BCUT2D eigenvalue weighted by molar-refractivity contribution is 7.92. The van der Waals surface area contributed by atoms with Crippen LogP contribution in [0.3, 0.4) is 0 Å². The van der Waals surface area contributed by atoms with E-state index < -0.39 is 22.1 Å². The Kier molecular flexibility index (Phi) is 5.05. The summed E-state index contributed by atoms with van der Waals surface area (Å²) in [6.45, 7) is 1.43. The normalized spacial score (nSPS) is 12.0. The van der Waals surface area contributed by atoms with Gasteiger partial charge >= 0.3 is 6.36 Å². The minimum absolute atomic E-state index is 0.217. The summed E-state index contributed by atoms with van der Waals surface area (Å²) in [6, 6.07) is 8.62. The molecule has 0 spiro atoms. The Hall–Kier alpha value is -2.26.